The summed E-state index contributed by atoms with van der Waals surface area (Å²) in [6, 6.07) is 6.24. The molecule has 0 atom stereocenters. The fourth-order valence-corrected chi connectivity index (χ4v) is 3.69. The first-order chi connectivity index (χ1) is 11.5. The van der Waals surface area contributed by atoms with Crippen molar-refractivity contribution in [2.45, 2.75) is 39.5 Å². The highest BCUT2D eigenvalue weighted by molar-refractivity contribution is 5.97. The van der Waals surface area contributed by atoms with E-state index in [1.165, 1.54) is 24.0 Å². The molecule has 2 aliphatic rings. The zero-order valence-corrected chi connectivity index (χ0v) is 14.9. The van der Waals surface area contributed by atoms with E-state index in [2.05, 4.69) is 17.0 Å². The Morgan fingerprint density at radius 2 is 1.67 bits per heavy atom. The van der Waals surface area contributed by atoms with Gasteiger partial charge in [0.1, 0.15) is 0 Å². The molecule has 4 heteroatoms. The van der Waals surface area contributed by atoms with E-state index < -0.39 is 0 Å². The van der Waals surface area contributed by atoms with Gasteiger partial charge in [-0.25, -0.2) is 0 Å². The van der Waals surface area contributed by atoms with Crippen molar-refractivity contribution in [2.75, 3.05) is 32.7 Å². The third-order valence-electron chi connectivity index (χ3n) is 5.22. The number of amides is 1. The molecule has 0 spiro atoms. The number of aryl methyl sites for hydroxylation is 2. The zero-order valence-electron chi connectivity index (χ0n) is 14.9. The molecule has 1 amide bonds. The molecule has 0 saturated carbocycles. The minimum absolute atomic E-state index is 0.0497. The van der Waals surface area contributed by atoms with Gasteiger partial charge in [0, 0.05) is 37.7 Å². The van der Waals surface area contributed by atoms with Crippen LogP contribution in [0.1, 0.15) is 48.2 Å². The van der Waals surface area contributed by atoms with Crippen molar-refractivity contribution in [3.63, 3.8) is 0 Å². The van der Waals surface area contributed by atoms with E-state index >= 15 is 0 Å². The minimum Gasteiger partial charge on any atom is -0.340 e. The largest absolute Gasteiger partial charge is 0.340 e. The topological polar surface area (TPSA) is 40.6 Å². The van der Waals surface area contributed by atoms with Gasteiger partial charge in [-0.3, -0.25) is 14.5 Å². The SMILES string of the molecule is CC(C)C(=O)N1CCN(CC(=O)c2ccc3c(c2)CCCC3)CC1. The summed E-state index contributed by atoms with van der Waals surface area (Å²) in [7, 11) is 0. The van der Waals surface area contributed by atoms with Gasteiger partial charge in [-0.15, -0.1) is 0 Å². The van der Waals surface area contributed by atoms with Crippen molar-refractivity contribution in [3.05, 3.63) is 34.9 Å². The molecule has 1 heterocycles. The van der Waals surface area contributed by atoms with Crippen LogP contribution in [-0.2, 0) is 17.6 Å². The van der Waals surface area contributed by atoms with Crippen LogP contribution in [0.25, 0.3) is 0 Å². The van der Waals surface area contributed by atoms with Gasteiger partial charge < -0.3 is 4.90 Å². The lowest BCUT2D eigenvalue weighted by atomic mass is 9.90. The van der Waals surface area contributed by atoms with Crippen molar-refractivity contribution in [1.82, 2.24) is 9.80 Å². The Balaban J connectivity index is 1.55. The van der Waals surface area contributed by atoms with Gasteiger partial charge in [-0.1, -0.05) is 26.0 Å². The predicted octanol–water partition coefficient (Wildman–Crippen LogP) is 2.55. The smallest absolute Gasteiger partial charge is 0.225 e. The maximum Gasteiger partial charge on any atom is 0.225 e. The Hall–Kier alpha value is -1.68. The third kappa shape index (κ3) is 3.86. The van der Waals surface area contributed by atoms with Gasteiger partial charge in [0.2, 0.25) is 5.91 Å². The molecule has 4 nitrogen and oxygen atoms in total. The summed E-state index contributed by atoms with van der Waals surface area (Å²) < 4.78 is 0. The molecule has 3 rings (SSSR count). The number of benzene rings is 1. The fraction of sp³-hybridized carbons (Fsp3) is 0.600. The second-order valence-electron chi connectivity index (χ2n) is 7.37. The molecule has 1 fully saturated rings. The van der Waals surface area contributed by atoms with Crippen LogP contribution in [0.5, 0.6) is 0 Å². The number of hydrogen-bond acceptors (Lipinski definition) is 3. The molecule has 0 N–H and O–H groups in total. The summed E-state index contributed by atoms with van der Waals surface area (Å²) >= 11 is 0. The summed E-state index contributed by atoms with van der Waals surface area (Å²) in [5.41, 5.74) is 3.62. The van der Waals surface area contributed by atoms with Crippen molar-refractivity contribution in [1.29, 1.82) is 0 Å². The summed E-state index contributed by atoms with van der Waals surface area (Å²) in [5.74, 6) is 0.469. The average Bonchev–Trinajstić information content (AvgIpc) is 2.61. The molecule has 130 valence electrons. The third-order valence-corrected chi connectivity index (χ3v) is 5.22. The lowest BCUT2D eigenvalue weighted by Crippen LogP contribution is -2.50. The number of carbonyl (C=O) groups is 2. The molecule has 1 aliphatic carbocycles. The molecular weight excluding hydrogens is 300 g/mol. The van der Waals surface area contributed by atoms with Crippen molar-refractivity contribution >= 4 is 11.7 Å². The van der Waals surface area contributed by atoms with E-state index in [1.807, 2.05) is 24.8 Å². The Morgan fingerprint density at radius 3 is 2.33 bits per heavy atom. The van der Waals surface area contributed by atoms with Crippen LogP contribution in [0.4, 0.5) is 0 Å². The van der Waals surface area contributed by atoms with Gasteiger partial charge in [0.15, 0.2) is 5.78 Å². The molecule has 0 bridgehead atoms. The van der Waals surface area contributed by atoms with E-state index in [-0.39, 0.29) is 17.6 Å². The van der Waals surface area contributed by atoms with Crippen LogP contribution in [0.3, 0.4) is 0 Å². The number of carbonyl (C=O) groups excluding carboxylic acids is 2. The number of piperazine rings is 1. The number of fused-ring (bicyclic) bond motifs is 1. The van der Waals surface area contributed by atoms with Crippen LogP contribution in [0, 0.1) is 5.92 Å². The highest BCUT2D eigenvalue weighted by atomic mass is 16.2. The zero-order chi connectivity index (χ0) is 17.1. The second kappa shape index (κ2) is 7.47. The summed E-state index contributed by atoms with van der Waals surface area (Å²) in [6.45, 7) is 7.37. The molecular formula is C20H28N2O2. The molecule has 0 radical (unpaired) electrons. The molecule has 1 aromatic carbocycles. The van der Waals surface area contributed by atoms with Gasteiger partial charge in [-0.05, 0) is 42.9 Å². The maximum absolute atomic E-state index is 12.6. The molecule has 0 aromatic heterocycles. The van der Waals surface area contributed by atoms with E-state index in [0.717, 1.165) is 44.6 Å². The second-order valence-corrected chi connectivity index (χ2v) is 7.37. The highest BCUT2D eigenvalue weighted by Crippen LogP contribution is 2.22. The van der Waals surface area contributed by atoms with Gasteiger partial charge in [-0.2, -0.15) is 0 Å². The summed E-state index contributed by atoms with van der Waals surface area (Å²) in [5, 5.41) is 0. The molecule has 1 aromatic rings. The molecule has 0 unspecified atom stereocenters. The Labute approximate surface area is 144 Å². The molecule has 24 heavy (non-hydrogen) atoms. The number of rotatable bonds is 4. The summed E-state index contributed by atoms with van der Waals surface area (Å²) in [6.07, 6.45) is 4.75. The van der Waals surface area contributed by atoms with Crippen LogP contribution in [-0.4, -0.2) is 54.2 Å². The number of ketones is 1. The first-order valence-corrected chi connectivity index (χ1v) is 9.21. The highest BCUT2D eigenvalue weighted by Gasteiger charge is 2.24. The number of Topliss-reactive ketones (excluding diaryl/α,β-unsaturated/α-hetero) is 1. The van der Waals surface area contributed by atoms with Gasteiger partial charge in [0.25, 0.3) is 0 Å². The molecule has 1 aliphatic heterocycles. The van der Waals surface area contributed by atoms with Crippen LogP contribution >= 0.6 is 0 Å². The Morgan fingerprint density at radius 1 is 1.00 bits per heavy atom. The Kier molecular flexibility index (Phi) is 5.34. The average molecular weight is 328 g/mol. The minimum atomic E-state index is 0.0497. The number of nitrogens with zero attached hydrogens (tertiary/aromatic N) is 2. The first-order valence-electron chi connectivity index (χ1n) is 9.21. The van der Waals surface area contributed by atoms with Crippen LogP contribution in [0.15, 0.2) is 18.2 Å². The lowest BCUT2D eigenvalue weighted by molar-refractivity contribution is -0.136. The van der Waals surface area contributed by atoms with Crippen LogP contribution in [0.2, 0.25) is 0 Å². The number of hydrogen-bond donors (Lipinski definition) is 0. The van der Waals surface area contributed by atoms with E-state index in [0.29, 0.717) is 6.54 Å². The monoisotopic (exact) mass is 328 g/mol. The Bertz CT molecular complexity index is 616. The lowest BCUT2D eigenvalue weighted by Gasteiger charge is -2.35. The quantitative estimate of drug-likeness (QED) is 0.798. The predicted molar refractivity (Wildman–Crippen MR) is 95.3 cm³/mol. The van der Waals surface area contributed by atoms with Gasteiger partial charge in [0.05, 0.1) is 6.54 Å². The fourth-order valence-electron chi connectivity index (χ4n) is 3.69. The van der Waals surface area contributed by atoms with Crippen molar-refractivity contribution in [3.8, 4) is 0 Å². The first kappa shape index (κ1) is 17.2. The maximum atomic E-state index is 12.6. The van der Waals surface area contributed by atoms with Crippen LogP contribution < -0.4 is 0 Å². The van der Waals surface area contributed by atoms with Crippen molar-refractivity contribution in [2.24, 2.45) is 5.92 Å². The van der Waals surface area contributed by atoms with E-state index in [1.54, 1.807) is 0 Å². The van der Waals surface area contributed by atoms with Crippen molar-refractivity contribution < 1.29 is 9.59 Å². The van der Waals surface area contributed by atoms with E-state index in [9.17, 15) is 9.59 Å². The van der Waals surface area contributed by atoms with E-state index in [4.69, 9.17) is 0 Å². The summed E-state index contributed by atoms with van der Waals surface area (Å²) in [4.78, 5) is 28.7. The normalized spacial score (nSPS) is 18.5. The van der Waals surface area contributed by atoms with Gasteiger partial charge >= 0.3 is 0 Å². The molecule has 1 saturated heterocycles. The standard InChI is InChI=1S/C20H28N2O2/c1-15(2)20(24)22-11-9-21(10-12-22)14-19(23)18-8-7-16-5-3-4-6-17(16)13-18/h7-8,13,15H,3-6,9-12,14H2,1-2H3.